The van der Waals surface area contributed by atoms with Crippen molar-refractivity contribution in [3.63, 3.8) is 0 Å². The average Bonchev–Trinajstić information content (AvgIpc) is 2.41. The van der Waals surface area contributed by atoms with Gasteiger partial charge in [-0.25, -0.2) is 0 Å². The molecule has 1 N–H and O–H groups in total. The molecule has 0 radical (unpaired) electrons. The van der Waals surface area contributed by atoms with Crippen molar-refractivity contribution in [2.24, 2.45) is 0 Å². The third-order valence-electron chi connectivity index (χ3n) is 2.54. The molecule has 1 aromatic carbocycles. The number of ether oxygens (including phenoxy) is 1. The zero-order valence-electron chi connectivity index (χ0n) is 11.4. The predicted molar refractivity (Wildman–Crippen MR) is 80.6 cm³/mol. The number of rotatable bonds is 6. The minimum atomic E-state index is -0.326. The monoisotopic (exact) mass is 316 g/mol. The maximum absolute atomic E-state index is 12.2. The second-order valence-electron chi connectivity index (χ2n) is 4.17. The number of methoxy groups -OCH3 is 1. The summed E-state index contributed by atoms with van der Waals surface area (Å²) in [5, 5.41) is 2.97. The fourth-order valence-electron chi connectivity index (χ4n) is 1.52. The van der Waals surface area contributed by atoms with E-state index in [2.05, 4.69) is 17.9 Å². The van der Waals surface area contributed by atoms with Crippen molar-refractivity contribution < 1.29 is 14.3 Å². The van der Waals surface area contributed by atoms with Crippen LogP contribution < -0.4 is 5.32 Å². The van der Waals surface area contributed by atoms with Crippen LogP contribution in [-0.2, 0) is 9.53 Å². The van der Waals surface area contributed by atoms with E-state index in [1.807, 2.05) is 0 Å². The summed E-state index contributed by atoms with van der Waals surface area (Å²) in [5.74, 6) is -0.580. The normalized spacial score (nSPS) is 10.2. The SMILES string of the molecule is COCCNC(=O)CN(C)C(=O)c1cc(S)ccc1Cl. The lowest BCUT2D eigenvalue weighted by Gasteiger charge is -2.17. The fraction of sp³-hybridized carbons (Fsp3) is 0.385. The Morgan fingerprint density at radius 3 is 2.80 bits per heavy atom. The van der Waals surface area contributed by atoms with Gasteiger partial charge in [0.05, 0.1) is 23.7 Å². The highest BCUT2D eigenvalue weighted by Gasteiger charge is 2.17. The van der Waals surface area contributed by atoms with Crippen molar-refractivity contribution in [3.05, 3.63) is 28.8 Å². The molecule has 1 rings (SSSR count). The largest absolute Gasteiger partial charge is 0.383 e. The molecule has 0 aromatic heterocycles. The summed E-state index contributed by atoms with van der Waals surface area (Å²) >= 11 is 10.1. The van der Waals surface area contributed by atoms with Gasteiger partial charge in [0.15, 0.2) is 0 Å². The van der Waals surface area contributed by atoms with Crippen LogP contribution in [0, 0.1) is 0 Å². The van der Waals surface area contributed by atoms with E-state index in [-0.39, 0.29) is 18.4 Å². The smallest absolute Gasteiger partial charge is 0.255 e. The van der Waals surface area contributed by atoms with E-state index in [1.54, 1.807) is 32.4 Å². The van der Waals surface area contributed by atoms with Crippen LogP contribution in [0.4, 0.5) is 0 Å². The van der Waals surface area contributed by atoms with Crippen LogP contribution in [0.5, 0.6) is 0 Å². The fourth-order valence-corrected chi connectivity index (χ4v) is 1.92. The van der Waals surface area contributed by atoms with E-state index in [0.717, 1.165) is 0 Å². The van der Waals surface area contributed by atoms with Crippen LogP contribution >= 0.6 is 24.2 Å². The first kappa shape index (κ1) is 16.8. The summed E-state index contributed by atoms with van der Waals surface area (Å²) in [6, 6.07) is 4.87. The third kappa shape index (κ3) is 5.03. The molecule has 0 heterocycles. The van der Waals surface area contributed by atoms with E-state index >= 15 is 0 Å². The Morgan fingerprint density at radius 2 is 2.15 bits per heavy atom. The third-order valence-corrected chi connectivity index (χ3v) is 3.14. The van der Waals surface area contributed by atoms with Gasteiger partial charge < -0.3 is 15.0 Å². The van der Waals surface area contributed by atoms with Gasteiger partial charge in [-0.2, -0.15) is 0 Å². The first-order chi connectivity index (χ1) is 9.45. The highest BCUT2D eigenvalue weighted by Crippen LogP contribution is 2.20. The van der Waals surface area contributed by atoms with Crippen molar-refractivity contribution in [2.75, 3.05) is 33.9 Å². The molecule has 0 saturated carbocycles. The number of hydrogen-bond acceptors (Lipinski definition) is 4. The summed E-state index contributed by atoms with van der Waals surface area (Å²) in [4.78, 5) is 25.7. The lowest BCUT2D eigenvalue weighted by Crippen LogP contribution is -2.39. The first-order valence-electron chi connectivity index (χ1n) is 5.95. The average molecular weight is 317 g/mol. The summed E-state index contributed by atoms with van der Waals surface area (Å²) in [5.41, 5.74) is 0.325. The summed E-state index contributed by atoms with van der Waals surface area (Å²) in [6.45, 7) is 0.789. The Balaban J connectivity index is 2.62. The number of halogens is 1. The number of nitrogens with zero attached hydrogens (tertiary/aromatic N) is 1. The lowest BCUT2D eigenvalue weighted by molar-refractivity contribution is -0.121. The van der Waals surface area contributed by atoms with Gasteiger partial charge in [0.25, 0.3) is 5.91 Å². The Labute approximate surface area is 128 Å². The molecule has 0 aliphatic rings. The zero-order valence-corrected chi connectivity index (χ0v) is 13.0. The number of hydrogen-bond donors (Lipinski definition) is 2. The molecule has 0 spiro atoms. The molecular weight excluding hydrogens is 300 g/mol. The zero-order chi connectivity index (χ0) is 15.1. The quantitative estimate of drug-likeness (QED) is 0.617. The summed E-state index contributed by atoms with van der Waals surface area (Å²) < 4.78 is 4.82. The number of nitrogens with one attached hydrogen (secondary N) is 1. The van der Waals surface area contributed by atoms with E-state index in [4.69, 9.17) is 16.3 Å². The van der Waals surface area contributed by atoms with Gasteiger partial charge in [-0.05, 0) is 18.2 Å². The molecule has 0 fully saturated rings. The molecule has 5 nitrogen and oxygen atoms in total. The van der Waals surface area contributed by atoms with Crippen LogP contribution in [-0.4, -0.2) is 50.6 Å². The van der Waals surface area contributed by atoms with Crippen molar-refractivity contribution in [2.45, 2.75) is 4.90 Å². The minimum absolute atomic E-state index is 0.0460. The molecular formula is C13H17ClN2O3S. The molecule has 0 bridgehead atoms. The van der Waals surface area contributed by atoms with Crippen molar-refractivity contribution >= 4 is 36.0 Å². The van der Waals surface area contributed by atoms with Gasteiger partial charge in [0.1, 0.15) is 0 Å². The second kappa shape index (κ2) is 8.14. The number of thiol groups is 1. The molecule has 20 heavy (non-hydrogen) atoms. The lowest BCUT2D eigenvalue weighted by atomic mass is 10.2. The molecule has 2 amide bonds. The highest BCUT2D eigenvalue weighted by atomic mass is 35.5. The number of likely N-dealkylation sites (N-methyl/N-ethyl adjacent to an activating group) is 1. The van der Waals surface area contributed by atoms with Crippen LogP contribution in [0.3, 0.4) is 0 Å². The maximum Gasteiger partial charge on any atom is 0.255 e. The Bertz CT molecular complexity index is 497. The van der Waals surface area contributed by atoms with Gasteiger partial charge in [0.2, 0.25) is 5.91 Å². The van der Waals surface area contributed by atoms with E-state index < -0.39 is 0 Å². The van der Waals surface area contributed by atoms with Crippen molar-refractivity contribution in [1.29, 1.82) is 0 Å². The van der Waals surface area contributed by atoms with Gasteiger partial charge in [-0.3, -0.25) is 9.59 Å². The van der Waals surface area contributed by atoms with E-state index in [9.17, 15) is 9.59 Å². The number of carbonyl (C=O) groups is 2. The number of benzene rings is 1. The molecule has 0 unspecified atom stereocenters. The van der Waals surface area contributed by atoms with Gasteiger partial charge in [-0.1, -0.05) is 11.6 Å². The highest BCUT2D eigenvalue weighted by molar-refractivity contribution is 7.80. The Kier molecular flexibility index (Phi) is 6.84. The number of carbonyl (C=O) groups excluding carboxylic acids is 2. The Hall–Kier alpha value is -1.24. The molecule has 7 heteroatoms. The van der Waals surface area contributed by atoms with Gasteiger partial charge in [0, 0.05) is 25.6 Å². The van der Waals surface area contributed by atoms with Crippen LogP contribution in [0.15, 0.2) is 23.1 Å². The van der Waals surface area contributed by atoms with Crippen molar-refractivity contribution in [1.82, 2.24) is 10.2 Å². The standard InChI is InChI=1S/C13H17ClN2O3S/c1-16(8-12(17)15-5-6-19-2)13(18)10-7-9(20)3-4-11(10)14/h3-4,7,20H,5-6,8H2,1-2H3,(H,15,17). The minimum Gasteiger partial charge on any atom is -0.383 e. The second-order valence-corrected chi connectivity index (χ2v) is 5.09. The maximum atomic E-state index is 12.2. The predicted octanol–water partition coefficient (Wildman–Crippen LogP) is 1.46. The van der Waals surface area contributed by atoms with Gasteiger partial charge in [-0.15, -0.1) is 12.6 Å². The molecule has 0 atom stereocenters. The van der Waals surface area contributed by atoms with Crippen LogP contribution in [0.1, 0.15) is 10.4 Å². The topological polar surface area (TPSA) is 58.6 Å². The summed E-state index contributed by atoms with van der Waals surface area (Å²) in [6.07, 6.45) is 0. The molecule has 110 valence electrons. The van der Waals surface area contributed by atoms with Crippen LogP contribution in [0.2, 0.25) is 5.02 Å². The Morgan fingerprint density at radius 1 is 1.45 bits per heavy atom. The summed E-state index contributed by atoms with van der Waals surface area (Å²) in [7, 11) is 3.09. The van der Waals surface area contributed by atoms with Crippen LogP contribution in [0.25, 0.3) is 0 Å². The molecule has 0 aliphatic carbocycles. The molecule has 1 aromatic rings. The van der Waals surface area contributed by atoms with Gasteiger partial charge >= 0.3 is 0 Å². The first-order valence-corrected chi connectivity index (χ1v) is 6.78. The van der Waals surface area contributed by atoms with E-state index in [1.165, 1.54) is 4.90 Å². The molecule has 0 aliphatic heterocycles. The molecule has 0 saturated heterocycles. The van der Waals surface area contributed by atoms with E-state index in [0.29, 0.717) is 28.6 Å². The van der Waals surface area contributed by atoms with Crippen molar-refractivity contribution in [3.8, 4) is 0 Å². The number of amides is 2.